The predicted octanol–water partition coefficient (Wildman–Crippen LogP) is 4.74. The van der Waals surface area contributed by atoms with Crippen LogP contribution in [0.3, 0.4) is 0 Å². The Balaban J connectivity index is 2.20. The Kier molecular flexibility index (Phi) is 5.13. The summed E-state index contributed by atoms with van der Waals surface area (Å²) >= 11 is 13.6. The maximum absolute atomic E-state index is 6.21. The molecule has 0 aliphatic heterocycles. The molecule has 0 aliphatic rings. The van der Waals surface area contributed by atoms with E-state index in [4.69, 9.17) is 32.7 Å². The molecule has 0 unspecified atom stereocenters. The second-order valence-electron chi connectivity index (χ2n) is 4.28. The third-order valence-electron chi connectivity index (χ3n) is 2.86. The van der Waals surface area contributed by atoms with Crippen LogP contribution in [-0.2, 0) is 12.5 Å². The fraction of sp³-hybridized carbons (Fsp3) is 0.357. The predicted molar refractivity (Wildman–Crippen MR) is 83.5 cm³/mol. The Morgan fingerprint density at radius 2 is 2.05 bits per heavy atom. The summed E-state index contributed by atoms with van der Waals surface area (Å²) in [7, 11) is 1.58. The van der Waals surface area contributed by atoms with E-state index in [2.05, 4.69) is 4.98 Å². The van der Waals surface area contributed by atoms with Gasteiger partial charge in [-0.05, 0) is 31.5 Å². The van der Waals surface area contributed by atoms with Gasteiger partial charge in [-0.3, -0.25) is 0 Å². The number of ether oxygens (including phenoxy) is 2. The van der Waals surface area contributed by atoms with E-state index in [1.165, 1.54) is 4.88 Å². The number of halogens is 2. The first-order valence-electron chi connectivity index (χ1n) is 6.03. The number of thiazole rings is 1. The molecule has 0 saturated heterocycles. The molecular formula is C14H15Cl2NO2S. The normalized spacial score (nSPS) is 10.7. The van der Waals surface area contributed by atoms with E-state index in [9.17, 15) is 0 Å². The number of benzene rings is 1. The summed E-state index contributed by atoms with van der Waals surface area (Å²) < 4.78 is 11.1. The van der Waals surface area contributed by atoms with Crippen molar-refractivity contribution in [3.05, 3.63) is 38.3 Å². The van der Waals surface area contributed by atoms with E-state index in [0.717, 1.165) is 16.3 Å². The molecule has 1 heterocycles. The molecule has 0 bridgehead atoms. The van der Waals surface area contributed by atoms with Crippen LogP contribution in [0.2, 0.25) is 5.02 Å². The molecule has 108 valence electrons. The van der Waals surface area contributed by atoms with Crippen molar-refractivity contribution in [2.45, 2.75) is 26.3 Å². The number of nitrogens with zero attached hydrogens (tertiary/aromatic N) is 1. The van der Waals surface area contributed by atoms with Gasteiger partial charge in [-0.15, -0.1) is 22.9 Å². The molecule has 0 fully saturated rings. The zero-order valence-electron chi connectivity index (χ0n) is 11.5. The average molecular weight is 332 g/mol. The minimum atomic E-state index is 0.371. The monoisotopic (exact) mass is 331 g/mol. The lowest BCUT2D eigenvalue weighted by atomic mass is 10.2. The van der Waals surface area contributed by atoms with Crippen molar-refractivity contribution in [3.63, 3.8) is 0 Å². The molecule has 0 N–H and O–H groups in total. The van der Waals surface area contributed by atoms with Crippen molar-refractivity contribution in [3.8, 4) is 11.5 Å². The smallest absolute Gasteiger partial charge is 0.180 e. The molecule has 0 spiro atoms. The molecule has 2 aromatic rings. The number of aromatic nitrogens is 1. The molecule has 6 heteroatoms. The average Bonchev–Trinajstić information content (AvgIpc) is 2.75. The van der Waals surface area contributed by atoms with E-state index < -0.39 is 0 Å². The lowest BCUT2D eigenvalue weighted by Gasteiger charge is -2.12. The largest absolute Gasteiger partial charge is 0.493 e. The number of alkyl halides is 1. The van der Waals surface area contributed by atoms with Crippen molar-refractivity contribution >= 4 is 34.5 Å². The van der Waals surface area contributed by atoms with Gasteiger partial charge in [0.1, 0.15) is 11.6 Å². The van der Waals surface area contributed by atoms with Crippen LogP contribution in [-0.4, -0.2) is 12.1 Å². The molecule has 3 nitrogen and oxygen atoms in total. The number of rotatable bonds is 5. The first kappa shape index (κ1) is 15.4. The minimum absolute atomic E-state index is 0.371. The summed E-state index contributed by atoms with van der Waals surface area (Å²) in [5.74, 6) is 1.48. The number of methoxy groups -OCH3 is 1. The number of hydrogen-bond donors (Lipinski definition) is 0. The van der Waals surface area contributed by atoms with Gasteiger partial charge in [-0.2, -0.15) is 0 Å². The molecular weight excluding hydrogens is 317 g/mol. The van der Waals surface area contributed by atoms with Crippen LogP contribution in [0.5, 0.6) is 11.5 Å². The Bertz CT molecular complexity index is 594. The van der Waals surface area contributed by atoms with Gasteiger partial charge in [0, 0.05) is 10.8 Å². The van der Waals surface area contributed by atoms with Crippen LogP contribution in [0.15, 0.2) is 12.1 Å². The Morgan fingerprint density at radius 1 is 1.30 bits per heavy atom. The zero-order valence-corrected chi connectivity index (χ0v) is 13.8. The summed E-state index contributed by atoms with van der Waals surface area (Å²) in [6, 6.07) is 3.61. The number of hydrogen-bond acceptors (Lipinski definition) is 4. The maximum Gasteiger partial charge on any atom is 0.180 e. The van der Waals surface area contributed by atoms with Crippen LogP contribution in [0, 0.1) is 13.8 Å². The summed E-state index contributed by atoms with van der Waals surface area (Å²) in [5.41, 5.74) is 1.92. The van der Waals surface area contributed by atoms with Gasteiger partial charge in [0.2, 0.25) is 0 Å². The van der Waals surface area contributed by atoms with Crippen LogP contribution in [0.1, 0.15) is 21.1 Å². The third-order valence-corrected chi connectivity index (χ3v) is 4.49. The van der Waals surface area contributed by atoms with Gasteiger partial charge in [-0.1, -0.05) is 11.6 Å². The molecule has 2 rings (SSSR count). The Labute approximate surface area is 132 Å². The van der Waals surface area contributed by atoms with Gasteiger partial charge >= 0.3 is 0 Å². The van der Waals surface area contributed by atoms with E-state index in [-0.39, 0.29) is 0 Å². The van der Waals surface area contributed by atoms with Crippen LogP contribution in [0.4, 0.5) is 0 Å². The first-order chi connectivity index (χ1) is 9.55. The topological polar surface area (TPSA) is 31.4 Å². The molecule has 0 saturated carbocycles. The highest BCUT2D eigenvalue weighted by molar-refractivity contribution is 7.11. The standard InChI is InChI=1S/C14H15Cl2NO2S/c1-8-9(2)20-13(17-8)7-19-14-11(16)4-10(6-15)5-12(14)18-3/h4-5H,6-7H2,1-3H3. The summed E-state index contributed by atoms with van der Waals surface area (Å²) in [6.45, 7) is 4.40. The molecule has 0 atom stereocenters. The van der Waals surface area contributed by atoms with E-state index >= 15 is 0 Å². The van der Waals surface area contributed by atoms with Crippen molar-refractivity contribution in [1.82, 2.24) is 4.98 Å². The van der Waals surface area contributed by atoms with Gasteiger partial charge in [0.25, 0.3) is 0 Å². The second kappa shape index (κ2) is 6.66. The Morgan fingerprint density at radius 3 is 2.60 bits per heavy atom. The van der Waals surface area contributed by atoms with Gasteiger partial charge in [0.05, 0.1) is 17.8 Å². The van der Waals surface area contributed by atoms with Crippen molar-refractivity contribution in [1.29, 1.82) is 0 Å². The van der Waals surface area contributed by atoms with Gasteiger partial charge in [0.15, 0.2) is 11.5 Å². The third kappa shape index (κ3) is 3.37. The molecule has 1 aromatic carbocycles. The highest BCUT2D eigenvalue weighted by atomic mass is 35.5. The quantitative estimate of drug-likeness (QED) is 0.741. The van der Waals surface area contributed by atoms with Gasteiger partial charge < -0.3 is 9.47 Å². The van der Waals surface area contributed by atoms with Crippen molar-refractivity contribution in [2.75, 3.05) is 7.11 Å². The van der Waals surface area contributed by atoms with Crippen LogP contribution >= 0.6 is 34.5 Å². The number of aryl methyl sites for hydroxylation is 2. The van der Waals surface area contributed by atoms with Gasteiger partial charge in [-0.25, -0.2) is 4.98 Å². The van der Waals surface area contributed by atoms with Crippen molar-refractivity contribution in [2.24, 2.45) is 0 Å². The summed E-state index contributed by atoms with van der Waals surface area (Å²) in [6.07, 6.45) is 0. The summed E-state index contributed by atoms with van der Waals surface area (Å²) in [5, 5.41) is 1.41. The van der Waals surface area contributed by atoms with E-state index in [1.807, 2.05) is 19.9 Å². The lowest BCUT2D eigenvalue weighted by molar-refractivity contribution is 0.284. The fourth-order valence-electron chi connectivity index (χ4n) is 1.73. The lowest BCUT2D eigenvalue weighted by Crippen LogP contribution is -1.99. The van der Waals surface area contributed by atoms with Crippen LogP contribution < -0.4 is 9.47 Å². The van der Waals surface area contributed by atoms with Crippen molar-refractivity contribution < 1.29 is 9.47 Å². The molecule has 0 radical (unpaired) electrons. The van der Waals surface area contributed by atoms with E-state index in [1.54, 1.807) is 24.5 Å². The SMILES string of the molecule is COc1cc(CCl)cc(Cl)c1OCc1nc(C)c(C)s1. The Hall–Kier alpha value is -0.970. The second-order valence-corrected chi connectivity index (χ2v) is 6.24. The minimum Gasteiger partial charge on any atom is -0.493 e. The molecule has 20 heavy (non-hydrogen) atoms. The fourth-order valence-corrected chi connectivity index (χ4v) is 3.01. The first-order valence-corrected chi connectivity index (χ1v) is 7.76. The zero-order chi connectivity index (χ0) is 14.7. The molecule has 0 amide bonds. The van der Waals surface area contributed by atoms with Crippen LogP contribution in [0.25, 0.3) is 0 Å². The molecule has 0 aliphatic carbocycles. The highest BCUT2D eigenvalue weighted by Gasteiger charge is 2.13. The van der Waals surface area contributed by atoms with E-state index in [0.29, 0.717) is 29.0 Å². The molecule has 1 aromatic heterocycles. The summed E-state index contributed by atoms with van der Waals surface area (Å²) in [4.78, 5) is 5.63. The maximum atomic E-state index is 6.21. The highest BCUT2D eigenvalue weighted by Crippen LogP contribution is 2.37.